The Balaban J connectivity index is 1.39. The molecule has 0 unspecified atom stereocenters. The van der Waals surface area contributed by atoms with Gasteiger partial charge in [0.15, 0.2) is 10.8 Å². The fourth-order valence-electron chi connectivity index (χ4n) is 4.13. The van der Waals surface area contributed by atoms with E-state index in [9.17, 15) is 4.79 Å². The van der Waals surface area contributed by atoms with Gasteiger partial charge in [0.2, 0.25) is 5.91 Å². The number of aromatic nitrogens is 4. The number of carbonyl (C=O) groups excluding carboxylic acids is 1. The molecule has 0 aliphatic carbocycles. The van der Waals surface area contributed by atoms with Crippen LogP contribution in [0.1, 0.15) is 45.6 Å². The molecule has 9 heteroatoms. The first-order valence-electron chi connectivity index (χ1n) is 12.2. The quantitative estimate of drug-likeness (QED) is 0.318. The Morgan fingerprint density at radius 2 is 1.88 bits per heavy atom. The highest BCUT2D eigenvalue weighted by Gasteiger charge is 2.20. The van der Waals surface area contributed by atoms with E-state index in [-0.39, 0.29) is 5.91 Å². The summed E-state index contributed by atoms with van der Waals surface area (Å²) in [6, 6.07) is 8.26. The minimum atomic E-state index is 0.0200. The van der Waals surface area contributed by atoms with Crippen molar-refractivity contribution < 1.29 is 4.79 Å². The van der Waals surface area contributed by atoms with Gasteiger partial charge in [-0.3, -0.25) is 4.79 Å². The standard InChI is InChI=1S/C25H34N6OS2/c1-4-33-25-28-23(30-13-6-5-7-14-30)21-17-27-31(24(21)29-25)15-12-26-22(32)16-19-8-10-20(11-9-19)34-18(2)3/h8-11,17-18H,4-7,12-16H2,1-3H3,(H,26,32). The van der Waals surface area contributed by atoms with Gasteiger partial charge in [-0.2, -0.15) is 5.10 Å². The minimum absolute atomic E-state index is 0.0200. The molecular weight excluding hydrogens is 464 g/mol. The van der Waals surface area contributed by atoms with Crippen LogP contribution in [0, 0.1) is 0 Å². The zero-order valence-electron chi connectivity index (χ0n) is 20.3. The van der Waals surface area contributed by atoms with Crippen LogP contribution >= 0.6 is 23.5 Å². The van der Waals surface area contributed by atoms with Crippen molar-refractivity contribution in [3.63, 3.8) is 0 Å². The molecule has 1 aromatic carbocycles. The van der Waals surface area contributed by atoms with Crippen LogP contribution in [0.5, 0.6) is 0 Å². The maximum Gasteiger partial charge on any atom is 0.224 e. The molecule has 1 saturated heterocycles. The van der Waals surface area contributed by atoms with Crippen molar-refractivity contribution in [1.29, 1.82) is 0 Å². The van der Waals surface area contributed by atoms with Gasteiger partial charge in [0.25, 0.3) is 0 Å². The Morgan fingerprint density at radius 1 is 1.12 bits per heavy atom. The SMILES string of the molecule is CCSc1nc(N2CCCCC2)c2cnn(CCNC(=O)Cc3ccc(SC(C)C)cc3)c2n1. The normalized spacial score (nSPS) is 14.2. The molecular formula is C25H34N6OS2. The molecule has 0 atom stereocenters. The molecule has 0 bridgehead atoms. The van der Waals surface area contributed by atoms with Crippen LogP contribution in [0.4, 0.5) is 5.82 Å². The van der Waals surface area contributed by atoms with E-state index in [1.54, 1.807) is 11.8 Å². The highest BCUT2D eigenvalue weighted by atomic mass is 32.2. The third-order valence-corrected chi connectivity index (χ3v) is 7.44. The summed E-state index contributed by atoms with van der Waals surface area (Å²) in [7, 11) is 0. The zero-order chi connectivity index (χ0) is 23.9. The number of fused-ring (bicyclic) bond motifs is 1. The molecule has 1 amide bonds. The summed E-state index contributed by atoms with van der Waals surface area (Å²) >= 11 is 3.48. The van der Waals surface area contributed by atoms with Gasteiger partial charge in [-0.1, -0.05) is 44.7 Å². The van der Waals surface area contributed by atoms with Gasteiger partial charge in [-0.05, 0) is 42.7 Å². The molecule has 1 aliphatic rings. The van der Waals surface area contributed by atoms with Gasteiger partial charge >= 0.3 is 0 Å². The van der Waals surface area contributed by atoms with Crippen molar-refractivity contribution in [3.05, 3.63) is 36.0 Å². The van der Waals surface area contributed by atoms with Gasteiger partial charge < -0.3 is 10.2 Å². The molecule has 182 valence electrons. The summed E-state index contributed by atoms with van der Waals surface area (Å²) in [5, 5.41) is 9.96. The van der Waals surface area contributed by atoms with Crippen molar-refractivity contribution in [2.24, 2.45) is 0 Å². The molecule has 0 saturated carbocycles. The maximum absolute atomic E-state index is 12.5. The zero-order valence-corrected chi connectivity index (χ0v) is 21.9. The molecule has 4 rings (SSSR count). The van der Waals surface area contributed by atoms with Gasteiger partial charge in [-0.25, -0.2) is 14.6 Å². The molecule has 1 N–H and O–H groups in total. The van der Waals surface area contributed by atoms with Crippen LogP contribution in [0.25, 0.3) is 11.0 Å². The molecule has 3 aromatic rings. The second kappa shape index (κ2) is 11.9. The van der Waals surface area contributed by atoms with Crippen molar-refractivity contribution >= 4 is 46.3 Å². The molecule has 34 heavy (non-hydrogen) atoms. The smallest absolute Gasteiger partial charge is 0.224 e. The number of rotatable bonds is 10. The van der Waals surface area contributed by atoms with E-state index in [1.807, 2.05) is 34.8 Å². The molecule has 0 spiro atoms. The third kappa shape index (κ3) is 6.44. The van der Waals surface area contributed by atoms with Crippen LogP contribution in [-0.2, 0) is 17.8 Å². The fourth-order valence-corrected chi connectivity index (χ4v) is 5.53. The van der Waals surface area contributed by atoms with E-state index in [4.69, 9.17) is 9.97 Å². The van der Waals surface area contributed by atoms with Crippen LogP contribution in [0.3, 0.4) is 0 Å². The van der Waals surface area contributed by atoms with Crippen molar-refractivity contribution in [2.75, 3.05) is 30.3 Å². The van der Waals surface area contributed by atoms with E-state index in [2.05, 4.69) is 48.2 Å². The van der Waals surface area contributed by atoms with Crippen LogP contribution in [0.15, 0.2) is 40.5 Å². The molecule has 0 radical (unpaired) electrons. The van der Waals surface area contributed by atoms with Crippen LogP contribution in [-0.4, -0.2) is 56.3 Å². The predicted molar refractivity (Wildman–Crippen MR) is 142 cm³/mol. The minimum Gasteiger partial charge on any atom is -0.356 e. The predicted octanol–water partition coefficient (Wildman–Crippen LogP) is 4.79. The molecule has 3 heterocycles. The average Bonchev–Trinajstić information content (AvgIpc) is 3.23. The Morgan fingerprint density at radius 3 is 2.59 bits per heavy atom. The number of hydrogen-bond donors (Lipinski definition) is 1. The van der Waals surface area contributed by atoms with Gasteiger partial charge in [0, 0.05) is 29.8 Å². The topological polar surface area (TPSA) is 75.9 Å². The summed E-state index contributed by atoms with van der Waals surface area (Å²) in [4.78, 5) is 25.7. The molecule has 1 fully saturated rings. The third-order valence-electron chi connectivity index (χ3n) is 5.69. The lowest BCUT2D eigenvalue weighted by Crippen LogP contribution is -2.30. The largest absolute Gasteiger partial charge is 0.356 e. The Bertz CT molecular complexity index is 1090. The Hall–Kier alpha value is -2.26. The average molecular weight is 499 g/mol. The lowest BCUT2D eigenvalue weighted by Gasteiger charge is -2.28. The first-order chi connectivity index (χ1) is 16.5. The number of nitrogens with one attached hydrogen (secondary N) is 1. The second-order valence-corrected chi connectivity index (χ2v) is 11.6. The first-order valence-corrected chi connectivity index (χ1v) is 14.0. The molecule has 2 aromatic heterocycles. The van der Waals surface area contributed by atoms with E-state index in [0.717, 1.165) is 46.4 Å². The number of amides is 1. The number of nitrogens with zero attached hydrogens (tertiary/aromatic N) is 5. The fraction of sp³-hybridized carbons (Fsp3) is 0.520. The van der Waals surface area contributed by atoms with Crippen LogP contribution in [0.2, 0.25) is 0 Å². The summed E-state index contributed by atoms with van der Waals surface area (Å²) in [6.45, 7) is 9.61. The van der Waals surface area contributed by atoms with Crippen molar-refractivity contribution in [3.8, 4) is 0 Å². The highest BCUT2D eigenvalue weighted by molar-refractivity contribution is 8.00. The number of benzene rings is 1. The summed E-state index contributed by atoms with van der Waals surface area (Å²) < 4.78 is 1.89. The number of piperidine rings is 1. The van der Waals surface area contributed by atoms with E-state index >= 15 is 0 Å². The van der Waals surface area contributed by atoms with Crippen molar-refractivity contribution in [1.82, 2.24) is 25.1 Å². The Labute approximate surface area is 210 Å². The number of thioether (sulfide) groups is 2. The number of hydrogen-bond acceptors (Lipinski definition) is 7. The summed E-state index contributed by atoms with van der Waals surface area (Å²) in [5.41, 5.74) is 1.87. The van der Waals surface area contributed by atoms with Crippen molar-refractivity contribution in [2.45, 2.75) is 68.3 Å². The van der Waals surface area contributed by atoms with E-state index in [0.29, 0.717) is 24.8 Å². The first kappa shape index (κ1) is 24.9. The molecule has 7 nitrogen and oxygen atoms in total. The van der Waals surface area contributed by atoms with E-state index in [1.165, 1.54) is 24.2 Å². The number of anilines is 1. The summed E-state index contributed by atoms with van der Waals surface area (Å²) in [6.07, 6.45) is 5.92. The Kier molecular flexibility index (Phi) is 8.72. The highest BCUT2D eigenvalue weighted by Crippen LogP contribution is 2.29. The lowest BCUT2D eigenvalue weighted by molar-refractivity contribution is -0.120. The second-order valence-electron chi connectivity index (χ2n) is 8.75. The van der Waals surface area contributed by atoms with Gasteiger partial charge in [0.05, 0.1) is 24.5 Å². The van der Waals surface area contributed by atoms with Gasteiger partial charge in [-0.15, -0.1) is 11.8 Å². The van der Waals surface area contributed by atoms with E-state index < -0.39 is 0 Å². The number of carbonyl (C=O) groups is 1. The maximum atomic E-state index is 12.5. The van der Waals surface area contributed by atoms with Gasteiger partial charge in [0.1, 0.15) is 5.82 Å². The monoisotopic (exact) mass is 498 g/mol. The van der Waals surface area contributed by atoms with Crippen LogP contribution < -0.4 is 10.2 Å². The molecule has 1 aliphatic heterocycles. The lowest BCUT2D eigenvalue weighted by atomic mass is 10.1. The summed E-state index contributed by atoms with van der Waals surface area (Å²) in [5.74, 6) is 1.94.